The number of hydrogen-bond acceptors (Lipinski definition) is 2. The van der Waals surface area contributed by atoms with Crippen LogP contribution in [0.15, 0.2) is 71.4 Å². The Morgan fingerprint density at radius 3 is 2.00 bits per heavy atom. The summed E-state index contributed by atoms with van der Waals surface area (Å²) in [5.74, 6) is 1.69. The maximum atomic E-state index is 4.22. The van der Waals surface area contributed by atoms with Crippen molar-refractivity contribution in [3.8, 4) is 0 Å². The van der Waals surface area contributed by atoms with Gasteiger partial charge in [0.15, 0.2) is 0 Å². The molecule has 152 valence electrons. The van der Waals surface area contributed by atoms with Crippen molar-refractivity contribution in [1.29, 1.82) is 0 Å². The average Bonchev–Trinajstić information content (AvgIpc) is 2.78. The van der Waals surface area contributed by atoms with Crippen LogP contribution in [0.5, 0.6) is 0 Å². The molecular weight excluding hydrogens is 352 g/mol. The molecule has 0 aliphatic heterocycles. The Kier molecular flexibility index (Phi) is 8.42. The fraction of sp³-hybridized carbons (Fsp3) is 0.407. The Hall–Kier alpha value is -2.48. The minimum Gasteiger partial charge on any atom is -0.159 e. The van der Waals surface area contributed by atoms with E-state index in [1.54, 1.807) is 0 Å². The summed E-state index contributed by atoms with van der Waals surface area (Å²) in [5, 5.41) is 8.42. The predicted molar refractivity (Wildman–Crippen MR) is 126 cm³/mol. The SMILES string of the molecule is C=CCCCc1ccc(/C=N/N=C/c2ccc(C3CCC(CC)CC3)cc2)cc1. The molecule has 0 atom stereocenters. The molecule has 0 unspecified atom stereocenters. The lowest BCUT2D eigenvalue weighted by Crippen LogP contribution is -2.12. The minimum absolute atomic E-state index is 0.738. The van der Waals surface area contributed by atoms with Gasteiger partial charge in [-0.05, 0) is 79.0 Å². The Morgan fingerprint density at radius 1 is 0.862 bits per heavy atom. The second-order valence-corrected chi connectivity index (χ2v) is 8.20. The molecule has 1 fully saturated rings. The van der Waals surface area contributed by atoms with Gasteiger partial charge < -0.3 is 0 Å². The molecule has 0 amide bonds. The van der Waals surface area contributed by atoms with E-state index < -0.39 is 0 Å². The van der Waals surface area contributed by atoms with E-state index in [1.165, 1.54) is 43.2 Å². The summed E-state index contributed by atoms with van der Waals surface area (Å²) in [6.45, 7) is 6.09. The highest BCUT2D eigenvalue weighted by atomic mass is 15.2. The number of nitrogens with zero attached hydrogens (tertiary/aromatic N) is 2. The summed E-state index contributed by atoms with van der Waals surface area (Å²) < 4.78 is 0. The molecule has 0 spiro atoms. The largest absolute Gasteiger partial charge is 0.159 e. The molecule has 1 aliphatic rings. The highest BCUT2D eigenvalue weighted by Gasteiger charge is 2.20. The molecule has 2 aromatic rings. The fourth-order valence-electron chi connectivity index (χ4n) is 4.18. The summed E-state index contributed by atoms with van der Waals surface area (Å²) in [5.41, 5.74) is 5.02. The zero-order valence-electron chi connectivity index (χ0n) is 17.8. The van der Waals surface area contributed by atoms with Crippen LogP contribution in [0.4, 0.5) is 0 Å². The van der Waals surface area contributed by atoms with Crippen molar-refractivity contribution < 1.29 is 0 Å². The molecule has 1 saturated carbocycles. The maximum Gasteiger partial charge on any atom is 0.0568 e. The van der Waals surface area contributed by atoms with E-state index in [1.807, 2.05) is 18.5 Å². The third kappa shape index (κ3) is 6.81. The second kappa shape index (κ2) is 11.5. The molecule has 0 saturated heterocycles. The smallest absolute Gasteiger partial charge is 0.0568 e. The number of rotatable bonds is 9. The number of hydrogen-bond donors (Lipinski definition) is 0. The van der Waals surface area contributed by atoms with Crippen molar-refractivity contribution >= 4 is 12.4 Å². The van der Waals surface area contributed by atoms with Gasteiger partial charge in [-0.2, -0.15) is 10.2 Å². The molecular formula is C27H34N2. The van der Waals surface area contributed by atoms with Crippen molar-refractivity contribution in [2.45, 2.75) is 64.2 Å². The lowest BCUT2D eigenvalue weighted by Gasteiger charge is -2.28. The van der Waals surface area contributed by atoms with Gasteiger partial charge in [-0.1, -0.05) is 68.0 Å². The Morgan fingerprint density at radius 2 is 1.45 bits per heavy atom. The van der Waals surface area contributed by atoms with Crippen LogP contribution >= 0.6 is 0 Å². The van der Waals surface area contributed by atoms with Gasteiger partial charge in [0.25, 0.3) is 0 Å². The molecule has 2 nitrogen and oxygen atoms in total. The summed E-state index contributed by atoms with van der Waals surface area (Å²) >= 11 is 0. The zero-order valence-corrected chi connectivity index (χ0v) is 17.8. The van der Waals surface area contributed by atoms with Crippen LogP contribution in [0.1, 0.15) is 80.0 Å². The lowest BCUT2D eigenvalue weighted by atomic mass is 9.78. The van der Waals surface area contributed by atoms with E-state index >= 15 is 0 Å². The van der Waals surface area contributed by atoms with E-state index in [2.05, 4.69) is 72.2 Å². The molecule has 0 aromatic heterocycles. The van der Waals surface area contributed by atoms with Crippen molar-refractivity contribution in [2.75, 3.05) is 0 Å². The average molecular weight is 387 g/mol. The van der Waals surface area contributed by atoms with Crippen molar-refractivity contribution in [3.63, 3.8) is 0 Å². The first-order valence-electron chi connectivity index (χ1n) is 11.1. The predicted octanol–water partition coefficient (Wildman–Crippen LogP) is 7.33. The van der Waals surface area contributed by atoms with Gasteiger partial charge in [0.1, 0.15) is 0 Å². The zero-order chi connectivity index (χ0) is 20.3. The van der Waals surface area contributed by atoms with Crippen LogP contribution in [-0.4, -0.2) is 12.4 Å². The summed E-state index contributed by atoms with van der Waals surface area (Å²) in [7, 11) is 0. The van der Waals surface area contributed by atoms with E-state index in [-0.39, 0.29) is 0 Å². The molecule has 29 heavy (non-hydrogen) atoms. The Labute approximate surface area is 176 Å². The molecule has 0 radical (unpaired) electrons. The summed E-state index contributed by atoms with van der Waals surface area (Å²) in [6.07, 6.45) is 15.7. The van der Waals surface area contributed by atoms with E-state index in [0.29, 0.717) is 0 Å². The molecule has 0 N–H and O–H groups in total. The maximum absolute atomic E-state index is 4.22. The van der Waals surface area contributed by atoms with Crippen LogP contribution in [0.3, 0.4) is 0 Å². The van der Waals surface area contributed by atoms with E-state index in [4.69, 9.17) is 0 Å². The summed E-state index contributed by atoms with van der Waals surface area (Å²) in [4.78, 5) is 0. The van der Waals surface area contributed by atoms with Crippen LogP contribution < -0.4 is 0 Å². The first kappa shape index (κ1) is 21.2. The molecule has 0 bridgehead atoms. The number of allylic oxidation sites excluding steroid dienone is 1. The first-order chi connectivity index (χ1) is 14.3. The molecule has 2 aromatic carbocycles. The fourth-order valence-corrected chi connectivity index (χ4v) is 4.18. The van der Waals surface area contributed by atoms with Gasteiger partial charge in [0, 0.05) is 0 Å². The van der Waals surface area contributed by atoms with Gasteiger partial charge in [0.2, 0.25) is 0 Å². The molecule has 1 aliphatic carbocycles. The third-order valence-electron chi connectivity index (χ3n) is 6.17. The van der Waals surface area contributed by atoms with Gasteiger partial charge in [-0.25, -0.2) is 0 Å². The van der Waals surface area contributed by atoms with Crippen LogP contribution in [0.25, 0.3) is 0 Å². The van der Waals surface area contributed by atoms with E-state index in [0.717, 1.165) is 42.2 Å². The molecule has 2 heteroatoms. The van der Waals surface area contributed by atoms with Crippen LogP contribution in [0, 0.1) is 5.92 Å². The first-order valence-corrected chi connectivity index (χ1v) is 11.1. The van der Waals surface area contributed by atoms with Crippen molar-refractivity contribution in [2.24, 2.45) is 16.1 Å². The highest BCUT2D eigenvalue weighted by molar-refractivity contribution is 5.82. The van der Waals surface area contributed by atoms with Crippen LogP contribution in [0.2, 0.25) is 0 Å². The molecule has 3 rings (SSSR count). The van der Waals surface area contributed by atoms with Gasteiger partial charge >= 0.3 is 0 Å². The number of aryl methyl sites for hydroxylation is 1. The monoisotopic (exact) mass is 386 g/mol. The van der Waals surface area contributed by atoms with Crippen molar-refractivity contribution in [1.82, 2.24) is 0 Å². The topological polar surface area (TPSA) is 24.7 Å². The minimum atomic E-state index is 0.738. The Balaban J connectivity index is 1.48. The number of benzene rings is 2. The quantitative estimate of drug-likeness (QED) is 0.186. The normalized spacial score (nSPS) is 19.8. The van der Waals surface area contributed by atoms with Gasteiger partial charge in [-0.15, -0.1) is 6.58 Å². The van der Waals surface area contributed by atoms with E-state index in [9.17, 15) is 0 Å². The molecule has 0 heterocycles. The second-order valence-electron chi connectivity index (χ2n) is 8.20. The number of unbranched alkanes of at least 4 members (excludes halogenated alkanes) is 1. The van der Waals surface area contributed by atoms with Crippen LogP contribution in [-0.2, 0) is 6.42 Å². The van der Waals surface area contributed by atoms with Crippen molar-refractivity contribution in [3.05, 3.63) is 83.4 Å². The lowest BCUT2D eigenvalue weighted by molar-refractivity contribution is 0.319. The van der Waals surface area contributed by atoms with Gasteiger partial charge in [-0.3, -0.25) is 0 Å². The standard InChI is InChI=1S/C27H34N2/c1-3-5-6-7-23-8-10-24(11-9-23)20-28-29-21-25-14-18-27(19-15-25)26-16-12-22(4-2)13-17-26/h3,8-11,14-15,18-22,26H,1,4-7,12-13,16-17H2,2H3/b28-20+,29-21+. The van der Waals surface area contributed by atoms with Gasteiger partial charge in [0.05, 0.1) is 12.4 Å². The Bertz CT molecular complexity index is 791. The third-order valence-corrected chi connectivity index (χ3v) is 6.17. The summed E-state index contributed by atoms with van der Waals surface area (Å²) in [6, 6.07) is 17.4. The highest BCUT2D eigenvalue weighted by Crippen LogP contribution is 2.36.